The number of nitrogens with one attached hydrogen (secondary N) is 3. The minimum atomic E-state index is -0.294. The van der Waals surface area contributed by atoms with Crippen LogP contribution in [0.2, 0.25) is 0 Å². The molecule has 7 heteroatoms. The highest BCUT2D eigenvalue weighted by molar-refractivity contribution is 5.95. The first-order valence-electron chi connectivity index (χ1n) is 9.65. The van der Waals surface area contributed by atoms with Gasteiger partial charge in [0.05, 0.1) is 5.69 Å². The van der Waals surface area contributed by atoms with E-state index in [1.54, 1.807) is 37.4 Å². The fraction of sp³-hybridized carbons (Fsp3) is 0.130. The summed E-state index contributed by atoms with van der Waals surface area (Å²) in [4.78, 5) is 27.4. The maximum absolute atomic E-state index is 12.6. The number of rotatable bonds is 6. The zero-order valence-corrected chi connectivity index (χ0v) is 16.5. The zero-order chi connectivity index (χ0) is 20.9. The summed E-state index contributed by atoms with van der Waals surface area (Å²) in [7, 11) is 1.54. The van der Waals surface area contributed by atoms with Crippen LogP contribution in [0.1, 0.15) is 26.4 Å². The van der Waals surface area contributed by atoms with Crippen molar-refractivity contribution < 1.29 is 9.59 Å². The van der Waals surface area contributed by atoms with Crippen molar-refractivity contribution in [1.29, 1.82) is 0 Å². The normalized spacial score (nSPS) is 10.7. The molecule has 4 rings (SSSR count). The van der Waals surface area contributed by atoms with E-state index in [-0.39, 0.29) is 17.5 Å². The van der Waals surface area contributed by atoms with Gasteiger partial charge in [0.15, 0.2) is 5.69 Å². The van der Waals surface area contributed by atoms with E-state index in [0.717, 1.165) is 17.5 Å². The number of H-pyrrole nitrogens is 1. The number of benzene rings is 2. The minimum Gasteiger partial charge on any atom is -0.361 e. The Morgan fingerprint density at radius 3 is 2.63 bits per heavy atom. The first-order valence-corrected chi connectivity index (χ1v) is 9.65. The lowest BCUT2D eigenvalue weighted by Gasteiger charge is -2.07. The molecule has 0 aliphatic carbocycles. The molecule has 0 bridgehead atoms. The van der Waals surface area contributed by atoms with Crippen molar-refractivity contribution in [3.63, 3.8) is 0 Å². The van der Waals surface area contributed by atoms with Gasteiger partial charge in [0.25, 0.3) is 11.8 Å². The molecule has 2 aromatic heterocycles. The molecule has 150 valence electrons. The molecule has 0 radical (unpaired) electrons. The van der Waals surface area contributed by atoms with Crippen LogP contribution in [0.25, 0.3) is 22.2 Å². The number of aromatic amines is 1. The Bertz CT molecular complexity index is 1200. The molecule has 4 aromatic rings. The van der Waals surface area contributed by atoms with E-state index in [4.69, 9.17) is 0 Å². The second-order valence-corrected chi connectivity index (χ2v) is 6.83. The van der Waals surface area contributed by atoms with Gasteiger partial charge in [-0.3, -0.25) is 9.59 Å². The molecular formula is C23H21N5O2. The van der Waals surface area contributed by atoms with Crippen LogP contribution in [-0.4, -0.2) is 40.6 Å². The number of hydrogen-bond donors (Lipinski definition) is 3. The lowest BCUT2D eigenvalue weighted by Crippen LogP contribution is -2.25. The standard InChI is InChI=1S/C23H21N5O2/c1-24-23(30)21-10-9-19(27-28-21)15-5-4-6-16(13-15)22(29)25-12-11-17-14-26-20-8-3-2-7-18(17)20/h2-10,13-14,26H,11-12H2,1H3,(H,24,30)(H,25,29). The quantitative estimate of drug-likeness (QED) is 0.464. The van der Waals surface area contributed by atoms with Crippen molar-refractivity contribution in [2.45, 2.75) is 6.42 Å². The number of fused-ring (bicyclic) bond motifs is 1. The van der Waals surface area contributed by atoms with Gasteiger partial charge in [-0.1, -0.05) is 30.3 Å². The second kappa shape index (κ2) is 8.57. The summed E-state index contributed by atoms with van der Waals surface area (Å²) in [5, 5.41) is 14.7. The van der Waals surface area contributed by atoms with Crippen molar-refractivity contribution >= 4 is 22.7 Å². The highest BCUT2D eigenvalue weighted by Gasteiger charge is 2.10. The Hall–Kier alpha value is -4.00. The molecule has 0 unspecified atom stereocenters. The van der Waals surface area contributed by atoms with Crippen molar-refractivity contribution in [1.82, 2.24) is 25.8 Å². The molecular weight excluding hydrogens is 378 g/mol. The van der Waals surface area contributed by atoms with Crippen LogP contribution in [0, 0.1) is 0 Å². The third-order valence-electron chi connectivity index (χ3n) is 4.90. The SMILES string of the molecule is CNC(=O)c1ccc(-c2cccc(C(=O)NCCc3c[nH]c4ccccc34)c2)nn1. The Morgan fingerprint density at radius 2 is 1.83 bits per heavy atom. The van der Waals surface area contributed by atoms with E-state index in [9.17, 15) is 9.59 Å². The number of amides is 2. The average molecular weight is 399 g/mol. The first kappa shape index (κ1) is 19.3. The summed E-state index contributed by atoms with van der Waals surface area (Å²) in [6.07, 6.45) is 2.72. The minimum absolute atomic E-state index is 0.147. The number of hydrogen-bond acceptors (Lipinski definition) is 4. The summed E-state index contributed by atoms with van der Waals surface area (Å²) in [5.41, 5.74) is 4.41. The number of carbonyl (C=O) groups excluding carboxylic acids is 2. The average Bonchev–Trinajstić information content (AvgIpc) is 3.22. The second-order valence-electron chi connectivity index (χ2n) is 6.83. The van der Waals surface area contributed by atoms with Crippen LogP contribution in [0.4, 0.5) is 0 Å². The number of nitrogens with zero attached hydrogens (tertiary/aromatic N) is 2. The molecule has 2 heterocycles. The third-order valence-corrected chi connectivity index (χ3v) is 4.90. The van der Waals surface area contributed by atoms with E-state index in [1.165, 1.54) is 10.9 Å². The van der Waals surface area contributed by atoms with Gasteiger partial charge in [0.1, 0.15) is 0 Å². The molecule has 0 saturated heterocycles. The maximum atomic E-state index is 12.6. The van der Waals surface area contributed by atoms with Crippen molar-refractivity contribution in [3.05, 3.63) is 83.7 Å². The van der Waals surface area contributed by atoms with Gasteiger partial charge < -0.3 is 15.6 Å². The fourth-order valence-electron chi connectivity index (χ4n) is 3.31. The Labute approximate surface area is 173 Å². The largest absolute Gasteiger partial charge is 0.361 e. The number of aromatic nitrogens is 3. The van der Waals surface area contributed by atoms with Gasteiger partial charge in [0.2, 0.25) is 0 Å². The fourth-order valence-corrected chi connectivity index (χ4v) is 3.31. The van der Waals surface area contributed by atoms with Crippen LogP contribution < -0.4 is 10.6 Å². The number of carbonyl (C=O) groups is 2. The zero-order valence-electron chi connectivity index (χ0n) is 16.5. The van der Waals surface area contributed by atoms with Crippen LogP contribution in [0.5, 0.6) is 0 Å². The summed E-state index contributed by atoms with van der Waals surface area (Å²) in [5.74, 6) is -0.441. The molecule has 0 fully saturated rings. The molecule has 2 amide bonds. The van der Waals surface area contributed by atoms with Crippen molar-refractivity contribution in [2.24, 2.45) is 0 Å². The monoisotopic (exact) mass is 399 g/mol. The predicted octanol–water partition coefficient (Wildman–Crippen LogP) is 2.96. The summed E-state index contributed by atoms with van der Waals surface area (Å²) in [6.45, 7) is 0.533. The molecule has 2 aromatic carbocycles. The summed E-state index contributed by atoms with van der Waals surface area (Å²) >= 11 is 0. The molecule has 0 aliphatic heterocycles. The van der Waals surface area contributed by atoms with Gasteiger partial charge in [-0.25, -0.2) is 0 Å². The van der Waals surface area contributed by atoms with Gasteiger partial charge in [-0.05, 0) is 42.3 Å². The third kappa shape index (κ3) is 4.05. The molecule has 0 atom stereocenters. The molecule has 30 heavy (non-hydrogen) atoms. The molecule has 0 saturated carbocycles. The Morgan fingerprint density at radius 1 is 0.967 bits per heavy atom. The smallest absolute Gasteiger partial charge is 0.271 e. The highest BCUT2D eigenvalue weighted by atomic mass is 16.2. The Kier molecular flexibility index (Phi) is 5.52. The van der Waals surface area contributed by atoms with Gasteiger partial charge in [0, 0.05) is 41.8 Å². The number of para-hydroxylation sites is 1. The topological polar surface area (TPSA) is 99.8 Å². The van der Waals surface area contributed by atoms with Gasteiger partial charge >= 0.3 is 0 Å². The van der Waals surface area contributed by atoms with Crippen molar-refractivity contribution in [3.8, 4) is 11.3 Å². The van der Waals surface area contributed by atoms with E-state index in [0.29, 0.717) is 17.8 Å². The van der Waals surface area contributed by atoms with E-state index in [2.05, 4.69) is 31.9 Å². The molecule has 3 N–H and O–H groups in total. The molecule has 7 nitrogen and oxygen atoms in total. The maximum Gasteiger partial charge on any atom is 0.271 e. The molecule has 0 spiro atoms. The van der Waals surface area contributed by atoms with Gasteiger partial charge in [-0.15, -0.1) is 10.2 Å². The van der Waals surface area contributed by atoms with E-state index in [1.807, 2.05) is 30.5 Å². The lowest BCUT2D eigenvalue weighted by molar-refractivity contribution is 0.0947. The summed E-state index contributed by atoms with van der Waals surface area (Å²) in [6, 6.07) is 18.6. The van der Waals surface area contributed by atoms with Crippen LogP contribution in [0.15, 0.2) is 66.9 Å². The van der Waals surface area contributed by atoms with E-state index >= 15 is 0 Å². The molecule has 0 aliphatic rings. The van der Waals surface area contributed by atoms with Crippen LogP contribution in [0.3, 0.4) is 0 Å². The lowest BCUT2D eigenvalue weighted by atomic mass is 10.1. The van der Waals surface area contributed by atoms with E-state index < -0.39 is 0 Å². The predicted molar refractivity (Wildman–Crippen MR) is 115 cm³/mol. The van der Waals surface area contributed by atoms with Crippen molar-refractivity contribution in [2.75, 3.05) is 13.6 Å². The van der Waals surface area contributed by atoms with Crippen LogP contribution >= 0.6 is 0 Å². The van der Waals surface area contributed by atoms with Gasteiger partial charge in [-0.2, -0.15) is 0 Å². The Balaban J connectivity index is 1.41. The summed E-state index contributed by atoms with van der Waals surface area (Å²) < 4.78 is 0. The van der Waals surface area contributed by atoms with Crippen LogP contribution in [-0.2, 0) is 6.42 Å². The first-order chi connectivity index (χ1) is 14.7. The highest BCUT2D eigenvalue weighted by Crippen LogP contribution is 2.19.